The number of carbonyl (C=O) groups is 1. The van der Waals surface area contributed by atoms with Gasteiger partial charge in [-0.05, 0) is 39.7 Å². The Bertz CT molecular complexity index is 542. The zero-order chi connectivity index (χ0) is 15.5. The lowest BCUT2D eigenvalue weighted by Gasteiger charge is -2.28. The summed E-state index contributed by atoms with van der Waals surface area (Å²) in [6, 6.07) is 1.86. The van der Waals surface area contributed by atoms with E-state index in [2.05, 4.69) is 4.57 Å². The first-order valence-corrected chi connectivity index (χ1v) is 9.31. The van der Waals surface area contributed by atoms with Gasteiger partial charge in [-0.25, -0.2) is 0 Å². The van der Waals surface area contributed by atoms with Crippen molar-refractivity contribution in [3.05, 3.63) is 23.5 Å². The van der Waals surface area contributed by atoms with Gasteiger partial charge in [0.05, 0.1) is 19.4 Å². The number of hydrogen-bond donors (Lipinski definition) is 0. The lowest BCUT2D eigenvalue weighted by atomic mass is 9.94. The van der Waals surface area contributed by atoms with Crippen LogP contribution in [0.5, 0.6) is 0 Å². The van der Waals surface area contributed by atoms with E-state index in [0.717, 1.165) is 30.6 Å². The second-order valence-electron chi connectivity index (χ2n) is 5.33. The van der Waals surface area contributed by atoms with Crippen LogP contribution in [0.15, 0.2) is 12.3 Å². The Morgan fingerprint density at radius 3 is 2.62 bits per heavy atom. The molecule has 1 atom stereocenters. The van der Waals surface area contributed by atoms with Crippen LogP contribution in [0.4, 0.5) is 0 Å². The average Bonchev–Trinajstić information content (AvgIpc) is 2.84. The minimum Gasteiger partial charge on any atom is -0.350 e. The zero-order valence-electron chi connectivity index (χ0n) is 13.0. The van der Waals surface area contributed by atoms with Crippen LogP contribution in [0.3, 0.4) is 0 Å². The highest BCUT2D eigenvalue weighted by Crippen LogP contribution is 2.53. The molecule has 0 amide bonds. The molecule has 21 heavy (non-hydrogen) atoms. The Balaban J connectivity index is 2.28. The summed E-state index contributed by atoms with van der Waals surface area (Å²) < 4.78 is 25.7. The highest BCUT2D eigenvalue weighted by atomic mass is 31.2. The molecule has 1 aliphatic rings. The summed E-state index contributed by atoms with van der Waals surface area (Å²) in [5.74, 6) is 0.106. The van der Waals surface area contributed by atoms with Crippen LogP contribution in [0, 0.1) is 0 Å². The Hall–Kier alpha value is -0.900. The average molecular weight is 313 g/mol. The summed E-state index contributed by atoms with van der Waals surface area (Å²) in [7, 11) is -3.09. The van der Waals surface area contributed by atoms with E-state index in [9.17, 15) is 9.36 Å². The zero-order valence-corrected chi connectivity index (χ0v) is 13.9. The van der Waals surface area contributed by atoms with E-state index >= 15 is 0 Å². The molecule has 1 unspecified atom stereocenters. The first kappa shape index (κ1) is 16.5. The molecule has 2 heterocycles. The third-order valence-corrected chi connectivity index (χ3v) is 6.01. The van der Waals surface area contributed by atoms with Crippen molar-refractivity contribution in [2.24, 2.45) is 0 Å². The van der Waals surface area contributed by atoms with Gasteiger partial charge in [0.25, 0.3) is 0 Å². The van der Waals surface area contributed by atoms with E-state index < -0.39 is 7.60 Å². The largest absolute Gasteiger partial charge is 0.350 e. The van der Waals surface area contributed by atoms with Gasteiger partial charge in [-0.15, -0.1) is 0 Å². The third-order valence-electron chi connectivity index (χ3n) is 3.82. The number of ketones is 1. The fraction of sp³-hybridized carbons (Fsp3) is 0.667. The number of nitrogens with zero attached hydrogens (tertiary/aromatic N) is 1. The van der Waals surface area contributed by atoms with Crippen LogP contribution in [0.1, 0.15) is 55.6 Å². The second kappa shape index (κ2) is 6.91. The lowest BCUT2D eigenvalue weighted by molar-refractivity contribution is 0.101. The molecule has 0 saturated heterocycles. The van der Waals surface area contributed by atoms with Crippen LogP contribution in [0.25, 0.3) is 0 Å². The normalized spacial score (nSPS) is 18.5. The predicted octanol–water partition coefficient (Wildman–Crippen LogP) is 3.83. The van der Waals surface area contributed by atoms with Gasteiger partial charge in [0.15, 0.2) is 5.78 Å². The molecule has 0 N–H and O–H groups in total. The van der Waals surface area contributed by atoms with Crippen molar-refractivity contribution in [2.45, 2.75) is 46.1 Å². The van der Waals surface area contributed by atoms with Gasteiger partial charge in [-0.1, -0.05) is 0 Å². The molecule has 1 aliphatic heterocycles. The molecule has 5 nitrogen and oxygen atoms in total. The Kier molecular flexibility index (Phi) is 5.42. The molecule has 0 saturated carbocycles. The summed E-state index contributed by atoms with van der Waals surface area (Å²) in [5, 5.41) is 0. The monoisotopic (exact) mass is 313 g/mol. The van der Waals surface area contributed by atoms with E-state index in [1.165, 1.54) is 0 Å². The Morgan fingerprint density at radius 1 is 1.38 bits per heavy atom. The summed E-state index contributed by atoms with van der Waals surface area (Å²) in [5.41, 5.74) is 1.73. The van der Waals surface area contributed by atoms with Crippen molar-refractivity contribution in [1.29, 1.82) is 0 Å². The van der Waals surface area contributed by atoms with Gasteiger partial charge in [-0.2, -0.15) is 0 Å². The Labute approximate surface area is 126 Å². The van der Waals surface area contributed by atoms with Crippen LogP contribution >= 0.6 is 7.60 Å². The number of fused-ring (bicyclic) bond motifs is 1. The number of aromatic nitrogens is 1. The van der Waals surface area contributed by atoms with Gasteiger partial charge in [-0.3, -0.25) is 9.36 Å². The maximum Gasteiger partial charge on any atom is 0.331 e. The first-order chi connectivity index (χ1) is 10.0. The molecule has 0 spiro atoms. The van der Waals surface area contributed by atoms with Crippen molar-refractivity contribution < 1.29 is 18.4 Å². The molecule has 0 radical (unpaired) electrons. The van der Waals surface area contributed by atoms with E-state index in [-0.39, 0.29) is 11.7 Å². The number of Topliss-reactive ketones (excluding diaryl/α,β-unsaturated/α-hetero) is 1. The highest BCUT2D eigenvalue weighted by molar-refractivity contribution is 7.53. The number of rotatable bonds is 7. The standard InChI is InChI=1S/C15H24NO4P/c1-4-19-21(18,20-5-2)11-13-7-6-9-16-10-8-14(12(3)17)15(13)16/h8,10,13H,4-7,9,11H2,1-3H3. The van der Waals surface area contributed by atoms with Crippen molar-refractivity contribution in [2.75, 3.05) is 19.4 Å². The van der Waals surface area contributed by atoms with Crippen LogP contribution in [-0.2, 0) is 20.2 Å². The van der Waals surface area contributed by atoms with Crippen LogP contribution < -0.4 is 0 Å². The van der Waals surface area contributed by atoms with Gasteiger partial charge in [0.2, 0.25) is 0 Å². The summed E-state index contributed by atoms with van der Waals surface area (Å²) in [6.07, 6.45) is 4.22. The van der Waals surface area contributed by atoms with Gasteiger partial charge >= 0.3 is 7.60 Å². The fourth-order valence-corrected chi connectivity index (χ4v) is 5.03. The molecule has 0 fully saturated rings. The fourth-order valence-electron chi connectivity index (χ4n) is 3.06. The van der Waals surface area contributed by atoms with Crippen molar-refractivity contribution >= 4 is 13.4 Å². The van der Waals surface area contributed by atoms with E-state index in [1.807, 2.05) is 26.1 Å². The molecule has 1 aromatic rings. The summed E-state index contributed by atoms with van der Waals surface area (Å²) >= 11 is 0. The molecule has 0 aromatic carbocycles. The van der Waals surface area contributed by atoms with E-state index in [4.69, 9.17) is 9.05 Å². The molecule has 2 rings (SSSR count). The third kappa shape index (κ3) is 3.65. The van der Waals surface area contributed by atoms with Crippen molar-refractivity contribution in [1.82, 2.24) is 4.57 Å². The number of carbonyl (C=O) groups excluding carboxylic acids is 1. The smallest absolute Gasteiger partial charge is 0.331 e. The van der Waals surface area contributed by atoms with Crippen LogP contribution in [0.2, 0.25) is 0 Å². The maximum atomic E-state index is 12.8. The van der Waals surface area contributed by atoms with E-state index in [0.29, 0.717) is 19.4 Å². The van der Waals surface area contributed by atoms with Crippen LogP contribution in [-0.4, -0.2) is 29.7 Å². The highest BCUT2D eigenvalue weighted by Gasteiger charge is 2.34. The molecule has 6 heteroatoms. The minimum absolute atomic E-state index is 0.0524. The number of aryl methyl sites for hydroxylation is 1. The molecule has 0 bridgehead atoms. The molecular formula is C15H24NO4P. The quantitative estimate of drug-likeness (QED) is 0.567. The molecule has 1 aromatic heterocycles. The van der Waals surface area contributed by atoms with E-state index in [1.54, 1.807) is 6.92 Å². The minimum atomic E-state index is -3.09. The molecule has 118 valence electrons. The summed E-state index contributed by atoms with van der Waals surface area (Å²) in [4.78, 5) is 11.8. The van der Waals surface area contributed by atoms with Crippen molar-refractivity contribution in [3.63, 3.8) is 0 Å². The van der Waals surface area contributed by atoms with Gasteiger partial charge < -0.3 is 13.6 Å². The predicted molar refractivity (Wildman–Crippen MR) is 82.1 cm³/mol. The molecule has 0 aliphatic carbocycles. The summed E-state index contributed by atoms with van der Waals surface area (Å²) in [6.45, 7) is 6.85. The molecular weight excluding hydrogens is 289 g/mol. The SMILES string of the molecule is CCOP(=O)(CC1CCCn2ccc(C(C)=O)c21)OCC. The van der Waals surface area contributed by atoms with Crippen molar-refractivity contribution in [3.8, 4) is 0 Å². The maximum absolute atomic E-state index is 12.8. The van der Waals surface area contributed by atoms with Gasteiger partial charge in [0.1, 0.15) is 0 Å². The first-order valence-electron chi connectivity index (χ1n) is 7.58. The number of hydrogen-bond acceptors (Lipinski definition) is 4. The lowest BCUT2D eigenvalue weighted by Crippen LogP contribution is -2.20. The second-order valence-corrected chi connectivity index (χ2v) is 7.44. The van der Waals surface area contributed by atoms with Gasteiger partial charge in [0, 0.05) is 29.9 Å². The Morgan fingerprint density at radius 2 is 2.05 bits per heavy atom. The topological polar surface area (TPSA) is 57.5 Å².